The van der Waals surface area contributed by atoms with Gasteiger partial charge in [-0.05, 0) is 29.3 Å². The molecule has 0 amide bonds. The summed E-state index contributed by atoms with van der Waals surface area (Å²) in [7, 11) is 0. The molecule has 0 spiro atoms. The van der Waals surface area contributed by atoms with Gasteiger partial charge >= 0.3 is 0 Å². The summed E-state index contributed by atoms with van der Waals surface area (Å²) in [5, 5.41) is 18.6. The number of hydrogen-bond donors (Lipinski definition) is 4. The Balaban J connectivity index is 2.43. The van der Waals surface area contributed by atoms with Crippen LogP contribution in [0.2, 0.25) is 0 Å². The number of aliphatic hydroxyl groups excluding tert-OH is 1. The number of allylic oxidation sites excluding steroid dienone is 2. The maximum Gasteiger partial charge on any atom is 0.115 e. The Kier molecular flexibility index (Phi) is 2.46. The van der Waals surface area contributed by atoms with Crippen LogP contribution >= 0.6 is 0 Å². The van der Waals surface area contributed by atoms with Gasteiger partial charge in [-0.15, -0.1) is 0 Å². The molecule has 4 nitrogen and oxygen atoms in total. The van der Waals surface area contributed by atoms with Crippen LogP contribution in [0.15, 0.2) is 42.2 Å². The van der Waals surface area contributed by atoms with Gasteiger partial charge in [-0.2, -0.15) is 0 Å². The first-order chi connectivity index (χ1) is 7.49. The van der Waals surface area contributed by atoms with Crippen LogP contribution in [-0.4, -0.2) is 15.9 Å². The molecule has 2 rings (SSSR count). The van der Waals surface area contributed by atoms with Crippen LogP contribution < -0.4 is 11.5 Å². The third kappa shape index (κ3) is 1.93. The van der Waals surface area contributed by atoms with Crippen molar-refractivity contribution in [3.63, 3.8) is 0 Å². The van der Waals surface area contributed by atoms with Crippen LogP contribution in [0.4, 0.5) is 0 Å². The molecular weight excluding hydrogens is 204 g/mol. The predicted molar refractivity (Wildman–Crippen MR) is 62.5 cm³/mol. The van der Waals surface area contributed by atoms with Crippen LogP contribution in [0.5, 0.6) is 5.75 Å². The van der Waals surface area contributed by atoms with Crippen LogP contribution in [0, 0.1) is 0 Å². The molecule has 1 aromatic carbocycles. The second-order valence-electron chi connectivity index (χ2n) is 4.00. The molecule has 0 saturated carbocycles. The highest BCUT2D eigenvalue weighted by molar-refractivity contribution is 5.75. The van der Waals surface area contributed by atoms with Crippen molar-refractivity contribution in [3.8, 4) is 5.75 Å². The van der Waals surface area contributed by atoms with E-state index in [1.54, 1.807) is 36.4 Å². The highest BCUT2D eigenvalue weighted by Gasteiger charge is 2.29. The minimum Gasteiger partial charge on any atom is -0.512 e. The summed E-state index contributed by atoms with van der Waals surface area (Å²) in [6.07, 6.45) is 3.49. The van der Waals surface area contributed by atoms with E-state index >= 15 is 0 Å². The predicted octanol–water partition coefficient (Wildman–Crippen LogP) is 1.23. The summed E-state index contributed by atoms with van der Waals surface area (Å²) in [4.78, 5) is 0. The molecule has 0 saturated heterocycles. The molecule has 6 N–H and O–H groups in total. The Morgan fingerprint density at radius 1 is 1.00 bits per heavy atom. The van der Waals surface area contributed by atoms with Crippen molar-refractivity contribution in [1.29, 1.82) is 0 Å². The molecule has 1 aromatic rings. The molecule has 0 radical (unpaired) electrons. The minimum atomic E-state index is -1.07. The number of phenols is 1. The second-order valence-corrected chi connectivity index (χ2v) is 4.00. The molecule has 84 valence electrons. The van der Waals surface area contributed by atoms with E-state index in [1.165, 1.54) is 0 Å². The lowest BCUT2D eigenvalue weighted by Crippen LogP contribution is -2.51. The van der Waals surface area contributed by atoms with Crippen molar-refractivity contribution < 1.29 is 10.2 Å². The molecule has 0 fully saturated rings. The average molecular weight is 218 g/mol. The van der Waals surface area contributed by atoms with E-state index in [1.807, 2.05) is 0 Å². The van der Waals surface area contributed by atoms with E-state index in [0.717, 1.165) is 11.1 Å². The van der Waals surface area contributed by atoms with Crippen LogP contribution in [0.1, 0.15) is 12.0 Å². The summed E-state index contributed by atoms with van der Waals surface area (Å²) in [6, 6.07) is 6.63. The van der Waals surface area contributed by atoms with E-state index in [2.05, 4.69) is 0 Å². The van der Waals surface area contributed by atoms with Crippen molar-refractivity contribution in [2.75, 3.05) is 0 Å². The number of phenolic OH excluding ortho intramolecular Hbond substituents is 1. The van der Waals surface area contributed by atoms with E-state index in [0.29, 0.717) is 0 Å². The number of hydrogen-bond acceptors (Lipinski definition) is 4. The van der Waals surface area contributed by atoms with E-state index in [4.69, 9.17) is 11.5 Å². The van der Waals surface area contributed by atoms with Gasteiger partial charge in [-0.3, -0.25) is 0 Å². The van der Waals surface area contributed by atoms with Crippen LogP contribution in [0.25, 0.3) is 5.57 Å². The normalized spacial score (nSPS) is 18.9. The SMILES string of the molecule is NC1(N)CC(O)=CC=C1c1ccc(O)cc1. The maximum absolute atomic E-state index is 9.37. The molecular formula is C12H14N2O2. The van der Waals surface area contributed by atoms with Gasteiger partial charge in [-0.1, -0.05) is 18.2 Å². The second kappa shape index (κ2) is 3.66. The zero-order valence-electron chi connectivity index (χ0n) is 8.72. The molecule has 1 aliphatic carbocycles. The average Bonchev–Trinajstić information content (AvgIpc) is 2.18. The fraction of sp³-hybridized carbons (Fsp3) is 0.167. The zero-order chi connectivity index (χ0) is 11.8. The molecule has 16 heavy (non-hydrogen) atoms. The Labute approximate surface area is 93.5 Å². The number of benzene rings is 1. The topological polar surface area (TPSA) is 92.5 Å². The lowest BCUT2D eigenvalue weighted by molar-refractivity contribution is 0.352. The molecule has 0 heterocycles. The van der Waals surface area contributed by atoms with Crippen molar-refractivity contribution in [2.45, 2.75) is 12.1 Å². The monoisotopic (exact) mass is 218 g/mol. The van der Waals surface area contributed by atoms with Crippen molar-refractivity contribution in [2.24, 2.45) is 11.5 Å². The summed E-state index contributed by atoms with van der Waals surface area (Å²) in [5.41, 5.74) is 12.4. The number of aromatic hydroxyl groups is 1. The molecule has 0 atom stereocenters. The largest absolute Gasteiger partial charge is 0.512 e. The van der Waals surface area contributed by atoms with Gasteiger partial charge < -0.3 is 21.7 Å². The fourth-order valence-corrected chi connectivity index (χ4v) is 1.79. The van der Waals surface area contributed by atoms with Crippen molar-refractivity contribution >= 4 is 5.57 Å². The quantitative estimate of drug-likeness (QED) is 0.533. The smallest absolute Gasteiger partial charge is 0.115 e. The standard InChI is InChI=1S/C12H14N2O2/c13-12(14)7-10(16)5-6-11(12)8-1-3-9(15)4-2-8/h1-6,15-16H,7,13-14H2. The van der Waals surface area contributed by atoms with Crippen LogP contribution in [-0.2, 0) is 0 Å². The van der Waals surface area contributed by atoms with Crippen molar-refractivity contribution in [1.82, 2.24) is 0 Å². The third-order valence-corrected chi connectivity index (χ3v) is 2.60. The van der Waals surface area contributed by atoms with Gasteiger partial charge in [0.2, 0.25) is 0 Å². The molecule has 1 aliphatic rings. The Morgan fingerprint density at radius 3 is 2.19 bits per heavy atom. The van der Waals surface area contributed by atoms with E-state index in [9.17, 15) is 10.2 Å². The Bertz CT molecular complexity index is 458. The lowest BCUT2D eigenvalue weighted by atomic mass is 9.87. The van der Waals surface area contributed by atoms with Gasteiger partial charge in [0, 0.05) is 6.42 Å². The van der Waals surface area contributed by atoms with Gasteiger partial charge in [-0.25, -0.2) is 0 Å². The third-order valence-electron chi connectivity index (χ3n) is 2.60. The zero-order valence-corrected chi connectivity index (χ0v) is 8.72. The molecule has 0 bridgehead atoms. The van der Waals surface area contributed by atoms with Gasteiger partial charge in [0.05, 0.1) is 11.4 Å². The van der Waals surface area contributed by atoms with Crippen LogP contribution in [0.3, 0.4) is 0 Å². The highest BCUT2D eigenvalue weighted by atomic mass is 16.3. The first kappa shape index (κ1) is 10.7. The molecule has 0 unspecified atom stereocenters. The summed E-state index contributed by atoms with van der Waals surface area (Å²) >= 11 is 0. The first-order valence-corrected chi connectivity index (χ1v) is 4.96. The van der Waals surface area contributed by atoms with E-state index < -0.39 is 5.66 Å². The maximum atomic E-state index is 9.37. The molecule has 0 aromatic heterocycles. The summed E-state index contributed by atoms with van der Waals surface area (Å²) in [6.45, 7) is 0. The highest BCUT2D eigenvalue weighted by Crippen LogP contribution is 2.30. The lowest BCUT2D eigenvalue weighted by Gasteiger charge is -2.30. The summed E-state index contributed by atoms with van der Waals surface area (Å²) in [5.74, 6) is 0.366. The van der Waals surface area contributed by atoms with Crippen molar-refractivity contribution in [3.05, 3.63) is 47.7 Å². The number of aliphatic hydroxyl groups is 1. The van der Waals surface area contributed by atoms with Gasteiger partial charge in [0.1, 0.15) is 5.75 Å². The Morgan fingerprint density at radius 2 is 1.62 bits per heavy atom. The Hall–Kier alpha value is -1.78. The molecule has 4 heteroatoms. The van der Waals surface area contributed by atoms with Gasteiger partial charge in [0.15, 0.2) is 0 Å². The van der Waals surface area contributed by atoms with Gasteiger partial charge in [0.25, 0.3) is 0 Å². The minimum absolute atomic E-state index is 0.174. The number of rotatable bonds is 1. The fourth-order valence-electron chi connectivity index (χ4n) is 1.79. The van der Waals surface area contributed by atoms with E-state index in [-0.39, 0.29) is 17.9 Å². The molecule has 0 aliphatic heterocycles. The summed E-state index contributed by atoms with van der Waals surface area (Å²) < 4.78 is 0. The first-order valence-electron chi connectivity index (χ1n) is 4.96. The number of nitrogens with two attached hydrogens (primary N) is 2.